The van der Waals surface area contributed by atoms with Crippen molar-refractivity contribution in [1.29, 1.82) is 0 Å². The van der Waals surface area contributed by atoms with Crippen LogP contribution in [0.25, 0.3) is 0 Å². The van der Waals surface area contributed by atoms with Gasteiger partial charge >= 0.3 is 0 Å². The minimum absolute atomic E-state index is 0.0620. The molecular formula is C15H14BrN3O5S. The van der Waals surface area contributed by atoms with Crippen LogP contribution < -0.4 is 10.0 Å². The number of nitrogens with one attached hydrogen (secondary N) is 2. The number of halogens is 1. The van der Waals surface area contributed by atoms with Crippen LogP contribution in [0.4, 0.5) is 11.4 Å². The average molecular weight is 428 g/mol. The molecule has 0 heterocycles. The predicted molar refractivity (Wildman–Crippen MR) is 95.7 cm³/mol. The van der Waals surface area contributed by atoms with Crippen molar-refractivity contribution in [2.24, 2.45) is 0 Å². The van der Waals surface area contributed by atoms with E-state index in [9.17, 15) is 23.3 Å². The van der Waals surface area contributed by atoms with Gasteiger partial charge in [0.25, 0.3) is 5.69 Å². The number of sulfonamides is 1. The SMILES string of the molecule is O=C(CCNS(=O)(=O)c1ccc([N+](=O)[O-])cc1)Nc1ccccc1Br. The van der Waals surface area contributed by atoms with Gasteiger partial charge in [-0.05, 0) is 40.2 Å². The molecule has 0 bridgehead atoms. The fraction of sp³-hybridized carbons (Fsp3) is 0.133. The summed E-state index contributed by atoms with van der Waals surface area (Å²) in [5.41, 5.74) is 0.387. The number of para-hydroxylation sites is 1. The first-order valence-corrected chi connectivity index (χ1v) is 9.36. The van der Waals surface area contributed by atoms with Crippen LogP contribution in [0.15, 0.2) is 57.9 Å². The molecule has 0 atom stereocenters. The molecular weight excluding hydrogens is 414 g/mol. The lowest BCUT2D eigenvalue weighted by Crippen LogP contribution is -2.27. The molecule has 25 heavy (non-hydrogen) atoms. The van der Waals surface area contributed by atoms with Crippen LogP contribution >= 0.6 is 15.9 Å². The van der Waals surface area contributed by atoms with Crippen molar-refractivity contribution in [3.05, 3.63) is 63.1 Å². The number of non-ortho nitro benzene ring substituents is 1. The van der Waals surface area contributed by atoms with Crippen LogP contribution in [0.3, 0.4) is 0 Å². The van der Waals surface area contributed by atoms with Crippen molar-refractivity contribution in [2.75, 3.05) is 11.9 Å². The normalized spacial score (nSPS) is 11.1. The first-order chi connectivity index (χ1) is 11.8. The summed E-state index contributed by atoms with van der Waals surface area (Å²) in [7, 11) is -3.84. The first kappa shape index (κ1) is 19.0. The summed E-state index contributed by atoms with van der Waals surface area (Å²) < 4.78 is 27.2. The molecule has 0 aliphatic carbocycles. The summed E-state index contributed by atoms with van der Waals surface area (Å²) in [5.74, 6) is -0.349. The number of carbonyl (C=O) groups excluding carboxylic acids is 1. The largest absolute Gasteiger partial charge is 0.325 e. The quantitative estimate of drug-likeness (QED) is 0.519. The van der Waals surface area contributed by atoms with Crippen molar-refractivity contribution in [3.8, 4) is 0 Å². The Balaban J connectivity index is 1.90. The van der Waals surface area contributed by atoms with Crippen LogP contribution in [0.5, 0.6) is 0 Å². The number of rotatable bonds is 7. The van der Waals surface area contributed by atoms with Crippen molar-refractivity contribution in [2.45, 2.75) is 11.3 Å². The molecule has 0 aromatic heterocycles. The second-order valence-corrected chi connectivity index (χ2v) is 7.55. The topological polar surface area (TPSA) is 118 Å². The van der Waals surface area contributed by atoms with Crippen LogP contribution in [0.2, 0.25) is 0 Å². The van der Waals surface area contributed by atoms with E-state index in [1.165, 1.54) is 0 Å². The van der Waals surface area contributed by atoms with E-state index in [4.69, 9.17) is 0 Å². The molecule has 0 unspecified atom stereocenters. The molecule has 0 fully saturated rings. The van der Waals surface area contributed by atoms with E-state index in [0.717, 1.165) is 28.7 Å². The minimum Gasteiger partial charge on any atom is -0.325 e. The molecule has 0 radical (unpaired) electrons. The molecule has 10 heteroatoms. The fourth-order valence-electron chi connectivity index (χ4n) is 1.90. The number of amides is 1. The van der Waals surface area contributed by atoms with E-state index in [2.05, 4.69) is 26.0 Å². The van der Waals surface area contributed by atoms with Gasteiger partial charge in [-0.2, -0.15) is 0 Å². The van der Waals surface area contributed by atoms with Gasteiger partial charge < -0.3 is 5.32 Å². The van der Waals surface area contributed by atoms with E-state index in [-0.39, 0.29) is 29.5 Å². The third-order valence-electron chi connectivity index (χ3n) is 3.15. The number of benzene rings is 2. The average Bonchev–Trinajstić information content (AvgIpc) is 2.57. The van der Waals surface area contributed by atoms with Crippen molar-refractivity contribution in [3.63, 3.8) is 0 Å². The molecule has 2 aromatic carbocycles. The van der Waals surface area contributed by atoms with E-state index in [1.54, 1.807) is 24.3 Å². The molecule has 0 spiro atoms. The van der Waals surface area contributed by atoms with Gasteiger partial charge in [0.1, 0.15) is 0 Å². The van der Waals surface area contributed by atoms with Crippen LogP contribution in [-0.2, 0) is 14.8 Å². The molecule has 0 saturated heterocycles. The Morgan fingerprint density at radius 3 is 2.36 bits per heavy atom. The van der Waals surface area contributed by atoms with Gasteiger partial charge in [0, 0.05) is 29.6 Å². The van der Waals surface area contributed by atoms with Gasteiger partial charge in [0.2, 0.25) is 15.9 Å². The van der Waals surface area contributed by atoms with E-state index >= 15 is 0 Å². The van der Waals surface area contributed by atoms with Gasteiger partial charge in [-0.3, -0.25) is 14.9 Å². The lowest BCUT2D eigenvalue weighted by atomic mass is 10.3. The Morgan fingerprint density at radius 1 is 1.12 bits per heavy atom. The summed E-state index contributed by atoms with van der Waals surface area (Å²) in [6.07, 6.45) is -0.0620. The van der Waals surface area contributed by atoms with Crippen molar-refractivity contribution < 1.29 is 18.1 Å². The highest BCUT2D eigenvalue weighted by molar-refractivity contribution is 9.10. The van der Waals surface area contributed by atoms with Crippen molar-refractivity contribution in [1.82, 2.24) is 4.72 Å². The Kier molecular flexibility index (Phi) is 6.23. The smallest absolute Gasteiger partial charge is 0.269 e. The summed E-state index contributed by atoms with van der Waals surface area (Å²) in [5, 5.41) is 13.2. The fourth-order valence-corrected chi connectivity index (χ4v) is 3.32. The molecule has 1 amide bonds. The second kappa shape index (κ2) is 8.19. The Morgan fingerprint density at radius 2 is 1.76 bits per heavy atom. The van der Waals surface area contributed by atoms with Gasteiger partial charge in [0.05, 0.1) is 15.5 Å². The standard InChI is InChI=1S/C15H14BrN3O5S/c16-13-3-1-2-4-14(13)18-15(20)9-10-17-25(23,24)12-7-5-11(6-8-12)19(21)22/h1-8,17H,9-10H2,(H,18,20). The van der Waals surface area contributed by atoms with Gasteiger partial charge in [-0.15, -0.1) is 0 Å². The number of hydrogen-bond donors (Lipinski definition) is 2. The van der Waals surface area contributed by atoms with E-state index < -0.39 is 14.9 Å². The first-order valence-electron chi connectivity index (χ1n) is 7.08. The molecule has 0 aliphatic heterocycles. The highest BCUT2D eigenvalue weighted by atomic mass is 79.9. The summed E-state index contributed by atoms with van der Waals surface area (Å²) >= 11 is 3.30. The summed E-state index contributed by atoms with van der Waals surface area (Å²) in [4.78, 5) is 21.7. The molecule has 2 rings (SSSR count). The minimum atomic E-state index is -3.84. The third kappa shape index (κ3) is 5.34. The maximum atomic E-state index is 12.1. The molecule has 0 saturated carbocycles. The van der Waals surface area contributed by atoms with Gasteiger partial charge in [-0.25, -0.2) is 13.1 Å². The lowest BCUT2D eigenvalue weighted by molar-refractivity contribution is -0.384. The highest BCUT2D eigenvalue weighted by Gasteiger charge is 2.16. The number of nitro benzene ring substituents is 1. The zero-order valence-electron chi connectivity index (χ0n) is 12.8. The van der Waals surface area contributed by atoms with Gasteiger partial charge in [-0.1, -0.05) is 12.1 Å². The van der Waals surface area contributed by atoms with Crippen LogP contribution in [-0.4, -0.2) is 25.8 Å². The highest BCUT2D eigenvalue weighted by Crippen LogP contribution is 2.21. The second-order valence-electron chi connectivity index (χ2n) is 4.93. The van der Waals surface area contributed by atoms with Crippen LogP contribution in [0.1, 0.15) is 6.42 Å². The predicted octanol–water partition coefficient (Wildman–Crippen LogP) is 2.66. The molecule has 8 nitrogen and oxygen atoms in total. The maximum absolute atomic E-state index is 12.1. The van der Waals surface area contributed by atoms with Crippen LogP contribution in [0, 0.1) is 10.1 Å². The number of nitro groups is 1. The number of hydrogen-bond acceptors (Lipinski definition) is 5. The Bertz CT molecular complexity index is 884. The monoisotopic (exact) mass is 427 g/mol. The summed E-state index contributed by atoms with van der Waals surface area (Å²) in [6.45, 7) is -0.102. The number of anilines is 1. The summed E-state index contributed by atoms with van der Waals surface area (Å²) in [6, 6.07) is 11.5. The van der Waals surface area contributed by atoms with E-state index in [1.807, 2.05) is 0 Å². The Hall–Kier alpha value is -2.30. The maximum Gasteiger partial charge on any atom is 0.269 e. The molecule has 2 aromatic rings. The zero-order valence-corrected chi connectivity index (χ0v) is 15.2. The molecule has 2 N–H and O–H groups in total. The van der Waals surface area contributed by atoms with Crippen molar-refractivity contribution >= 4 is 43.2 Å². The Labute approximate surface area is 152 Å². The zero-order chi connectivity index (χ0) is 18.4. The lowest BCUT2D eigenvalue weighted by Gasteiger charge is -2.08. The number of carbonyl (C=O) groups is 1. The number of nitrogens with zero attached hydrogens (tertiary/aromatic N) is 1. The van der Waals surface area contributed by atoms with E-state index in [0.29, 0.717) is 5.69 Å². The molecule has 0 aliphatic rings. The third-order valence-corrected chi connectivity index (χ3v) is 5.32. The molecule has 132 valence electrons. The van der Waals surface area contributed by atoms with Gasteiger partial charge in [0.15, 0.2) is 0 Å².